The Morgan fingerprint density at radius 2 is 2.11 bits per heavy atom. The summed E-state index contributed by atoms with van der Waals surface area (Å²) in [4.78, 5) is 44.7. The molecule has 1 fully saturated rings. The average molecular weight is 612 g/mol. The third-order valence-electron chi connectivity index (χ3n) is 6.28. The van der Waals surface area contributed by atoms with Gasteiger partial charge in [-0.05, 0) is 60.0 Å². The lowest BCUT2D eigenvalue weighted by atomic mass is 10.2. The van der Waals surface area contributed by atoms with Crippen molar-refractivity contribution in [2.75, 3.05) is 25.0 Å². The van der Waals surface area contributed by atoms with Gasteiger partial charge in [0.1, 0.15) is 17.3 Å². The number of fused-ring (bicyclic) bond motifs is 1. The van der Waals surface area contributed by atoms with E-state index in [1.54, 1.807) is 25.2 Å². The van der Waals surface area contributed by atoms with Crippen molar-refractivity contribution >= 4 is 68.2 Å². The Kier molecular flexibility index (Phi) is 7.87. The molecule has 1 aliphatic heterocycles. The van der Waals surface area contributed by atoms with E-state index >= 15 is 0 Å². The molecule has 4 rings (SSSR count). The summed E-state index contributed by atoms with van der Waals surface area (Å²) in [6.07, 6.45) is 3.04. The fraction of sp³-hybridized carbons (Fsp3) is 0.360. The van der Waals surface area contributed by atoms with Gasteiger partial charge in [0, 0.05) is 38.6 Å². The Hall–Kier alpha value is -2.82. The second-order valence-corrected chi connectivity index (χ2v) is 10.2. The van der Waals surface area contributed by atoms with Crippen molar-refractivity contribution < 1.29 is 20.5 Å². The van der Waals surface area contributed by atoms with Crippen LogP contribution in [0.4, 0.5) is 5.69 Å². The Morgan fingerprint density at radius 3 is 2.86 bits per heavy atom. The SMILES string of the molecule is [2H]CC(=O)N1CCC[C@H]1C(=O)NCC(=O)N(C)c1ccc(Cl)c(COc2cccn3c(Br)c(C)nc23)c1Cl. The number of aryl methyl sites for hydroxylation is 1. The van der Waals surface area contributed by atoms with Gasteiger partial charge in [0.05, 0.1) is 22.9 Å². The molecule has 3 aromatic rings. The second-order valence-electron chi connectivity index (χ2n) is 8.62. The maximum absolute atomic E-state index is 12.9. The summed E-state index contributed by atoms with van der Waals surface area (Å²) < 4.78 is 16.0. The molecule has 0 radical (unpaired) electrons. The van der Waals surface area contributed by atoms with Crippen molar-refractivity contribution in [3.8, 4) is 5.75 Å². The number of benzene rings is 1. The minimum absolute atomic E-state index is 0.0367. The molecule has 196 valence electrons. The van der Waals surface area contributed by atoms with Gasteiger partial charge in [0.25, 0.3) is 0 Å². The van der Waals surface area contributed by atoms with Crippen molar-refractivity contribution in [2.45, 2.75) is 39.3 Å². The van der Waals surface area contributed by atoms with E-state index in [0.29, 0.717) is 47.1 Å². The Balaban J connectivity index is 1.44. The molecule has 12 heteroatoms. The van der Waals surface area contributed by atoms with Gasteiger partial charge >= 0.3 is 0 Å². The molecule has 2 aromatic heterocycles. The van der Waals surface area contributed by atoms with Crippen LogP contribution in [0.1, 0.15) is 32.4 Å². The number of carbonyl (C=O) groups excluding carboxylic acids is 3. The minimum atomic E-state index is -0.669. The zero-order valence-electron chi connectivity index (χ0n) is 21.3. The largest absolute Gasteiger partial charge is 0.485 e. The third kappa shape index (κ3) is 5.56. The van der Waals surface area contributed by atoms with Crippen LogP contribution in [0.15, 0.2) is 35.1 Å². The number of likely N-dealkylation sites (tertiary alicyclic amines) is 1. The van der Waals surface area contributed by atoms with E-state index in [9.17, 15) is 14.4 Å². The number of hydrogen-bond acceptors (Lipinski definition) is 5. The van der Waals surface area contributed by atoms with Crippen molar-refractivity contribution in [1.82, 2.24) is 19.6 Å². The highest BCUT2D eigenvalue weighted by molar-refractivity contribution is 9.10. The molecule has 37 heavy (non-hydrogen) atoms. The summed E-state index contributed by atoms with van der Waals surface area (Å²) in [5.74, 6) is -0.693. The number of imidazole rings is 1. The van der Waals surface area contributed by atoms with E-state index in [1.807, 2.05) is 23.6 Å². The smallest absolute Gasteiger partial charge is 0.246 e. The predicted octanol–water partition coefficient (Wildman–Crippen LogP) is 4.38. The van der Waals surface area contributed by atoms with E-state index in [4.69, 9.17) is 29.3 Å². The van der Waals surface area contributed by atoms with Gasteiger partial charge in [0.2, 0.25) is 17.7 Å². The lowest BCUT2D eigenvalue weighted by Gasteiger charge is -2.24. The van der Waals surface area contributed by atoms with Crippen molar-refractivity contribution in [2.24, 2.45) is 0 Å². The first-order valence-corrected chi connectivity index (χ1v) is 13.0. The van der Waals surface area contributed by atoms with Crippen LogP contribution >= 0.6 is 39.1 Å². The van der Waals surface area contributed by atoms with Gasteiger partial charge in [-0.2, -0.15) is 0 Å². The van der Waals surface area contributed by atoms with Crippen molar-refractivity contribution in [1.29, 1.82) is 0 Å². The topological polar surface area (TPSA) is 96.2 Å². The van der Waals surface area contributed by atoms with Crippen LogP contribution in [0.2, 0.25) is 10.0 Å². The normalized spacial score (nSPS) is 15.5. The van der Waals surface area contributed by atoms with Gasteiger partial charge in [-0.25, -0.2) is 4.98 Å². The Labute approximate surface area is 234 Å². The molecule has 1 saturated heterocycles. The van der Waals surface area contributed by atoms with Gasteiger partial charge in [-0.15, -0.1) is 0 Å². The number of ether oxygens (including phenoxy) is 1. The molecule has 3 amide bonds. The predicted molar refractivity (Wildman–Crippen MR) is 145 cm³/mol. The molecule has 0 spiro atoms. The van der Waals surface area contributed by atoms with Crippen LogP contribution in [-0.4, -0.2) is 58.2 Å². The van der Waals surface area contributed by atoms with Crippen LogP contribution in [0.3, 0.4) is 0 Å². The molecular weight excluding hydrogens is 585 g/mol. The van der Waals surface area contributed by atoms with Gasteiger partial charge in [-0.3, -0.25) is 18.8 Å². The number of nitrogens with zero attached hydrogens (tertiary/aromatic N) is 4. The fourth-order valence-corrected chi connectivity index (χ4v) is 5.22. The number of halogens is 3. The number of anilines is 1. The highest BCUT2D eigenvalue weighted by Gasteiger charge is 2.32. The lowest BCUT2D eigenvalue weighted by molar-refractivity contribution is -0.137. The van der Waals surface area contributed by atoms with E-state index < -0.39 is 30.7 Å². The van der Waals surface area contributed by atoms with Crippen LogP contribution in [0.25, 0.3) is 5.65 Å². The van der Waals surface area contributed by atoms with E-state index in [0.717, 1.165) is 10.3 Å². The summed E-state index contributed by atoms with van der Waals surface area (Å²) in [5, 5.41) is 3.23. The number of hydrogen-bond donors (Lipinski definition) is 1. The molecule has 9 nitrogen and oxygen atoms in total. The van der Waals surface area contributed by atoms with E-state index in [2.05, 4.69) is 26.2 Å². The fourth-order valence-electron chi connectivity index (χ4n) is 4.24. The first kappa shape index (κ1) is 25.8. The zero-order valence-corrected chi connectivity index (χ0v) is 23.4. The van der Waals surface area contributed by atoms with E-state index in [-0.39, 0.29) is 18.2 Å². The maximum Gasteiger partial charge on any atom is 0.246 e. The minimum Gasteiger partial charge on any atom is -0.485 e. The molecule has 1 aliphatic rings. The number of likely N-dealkylation sites (N-methyl/N-ethyl adjacent to an activating group) is 1. The standard InChI is InChI=1S/C25H26BrCl2N5O4/c1-14-23(26)33-11-5-7-20(24(33)30-14)37-13-16-17(27)8-9-18(22(16)28)31(3)21(35)12-29-25(36)19-6-4-10-32(19)15(2)34/h5,7-9,11,19H,4,6,10,12-13H2,1-3H3,(H,29,36)/t19-/m0/s1/i2D. The lowest BCUT2D eigenvalue weighted by Crippen LogP contribution is -2.48. The molecule has 3 heterocycles. The highest BCUT2D eigenvalue weighted by Crippen LogP contribution is 2.35. The van der Waals surface area contributed by atoms with Gasteiger partial charge in [0.15, 0.2) is 11.4 Å². The number of aromatic nitrogens is 2. The van der Waals surface area contributed by atoms with Crippen molar-refractivity contribution in [3.63, 3.8) is 0 Å². The summed E-state index contributed by atoms with van der Waals surface area (Å²) in [7, 11) is 1.55. The molecule has 0 saturated carbocycles. The number of carbonyl (C=O) groups is 3. The summed E-state index contributed by atoms with van der Waals surface area (Å²) in [6, 6.07) is 6.21. The second kappa shape index (κ2) is 11.3. The molecule has 0 bridgehead atoms. The Bertz CT molecular complexity index is 1400. The van der Waals surface area contributed by atoms with Crippen LogP contribution in [0.5, 0.6) is 5.75 Å². The quantitative estimate of drug-likeness (QED) is 0.428. The molecule has 1 aromatic carbocycles. The van der Waals surface area contributed by atoms with Crippen LogP contribution in [0, 0.1) is 6.92 Å². The summed E-state index contributed by atoms with van der Waals surface area (Å²) >= 11 is 16.6. The van der Waals surface area contributed by atoms with Crippen LogP contribution in [-0.2, 0) is 21.0 Å². The number of amides is 3. The first-order chi connectivity index (χ1) is 18.1. The summed E-state index contributed by atoms with van der Waals surface area (Å²) in [6.45, 7) is 1.65. The van der Waals surface area contributed by atoms with E-state index in [1.165, 1.54) is 9.80 Å². The third-order valence-corrected chi connectivity index (χ3v) is 8.01. The molecule has 0 unspecified atom stereocenters. The summed E-state index contributed by atoms with van der Waals surface area (Å²) in [5.41, 5.74) is 2.34. The number of rotatable bonds is 7. The monoisotopic (exact) mass is 610 g/mol. The van der Waals surface area contributed by atoms with Gasteiger partial charge < -0.3 is 19.9 Å². The maximum atomic E-state index is 12.9. The molecular formula is C25H26BrCl2N5O4. The molecule has 0 aliphatic carbocycles. The number of nitrogens with one attached hydrogen (secondary N) is 1. The first-order valence-electron chi connectivity index (χ1n) is 12.2. The van der Waals surface area contributed by atoms with Crippen LogP contribution < -0.4 is 15.0 Å². The average Bonchev–Trinajstić information content (AvgIpc) is 3.51. The van der Waals surface area contributed by atoms with Gasteiger partial charge in [-0.1, -0.05) is 23.2 Å². The zero-order chi connectivity index (χ0) is 27.6. The molecule has 1 atom stereocenters. The highest BCUT2D eigenvalue weighted by atomic mass is 79.9. The molecule has 1 N–H and O–H groups in total. The van der Waals surface area contributed by atoms with Crippen molar-refractivity contribution in [3.05, 3.63) is 56.4 Å². The number of pyridine rings is 1. The Morgan fingerprint density at radius 1 is 1.32 bits per heavy atom.